The van der Waals surface area contributed by atoms with E-state index in [1.807, 2.05) is 20.8 Å². The molecule has 1 aromatic heterocycles. The minimum absolute atomic E-state index is 0.226. The van der Waals surface area contributed by atoms with E-state index in [9.17, 15) is 4.39 Å². The third-order valence-corrected chi connectivity index (χ3v) is 2.70. The van der Waals surface area contributed by atoms with E-state index >= 15 is 0 Å². The van der Waals surface area contributed by atoms with Gasteiger partial charge in [0.15, 0.2) is 0 Å². The van der Waals surface area contributed by atoms with E-state index in [2.05, 4.69) is 15.3 Å². The molecule has 0 amide bonds. The molecule has 0 aliphatic rings. The fourth-order valence-electron chi connectivity index (χ4n) is 1.52. The first-order chi connectivity index (χ1) is 8.86. The summed E-state index contributed by atoms with van der Waals surface area (Å²) in [7, 11) is 0. The summed E-state index contributed by atoms with van der Waals surface area (Å²) < 4.78 is 13.6. The van der Waals surface area contributed by atoms with Crippen LogP contribution < -0.4 is 5.32 Å². The van der Waals surface area contributed by atoms with Gasteiger partial charge in [0.1, 0.15) is 22.6 Å². The highest BCUT2D eigenvalue weighted by Crippen LogP contribution is 2.24. The van der Waals surface area contributed by atoms with Crippen LogP contribution in [0.25, 0.3) is 0 Å². The number of para-hydroxylation sites is 1. The summed E-state index contributed by atoms with van der Waals surface area (Å²) in [4.78, 5) is 8.56. The summed E-state index contributed by atoms with van der Waals surface area (Å²) in [6.45, 7) is 5.97. The van der Waals surface area contributed by atoms with Crippen LogP contribution in [0, 0.1) is 5.82 Å². The van der Waals surface area contributed by atoms with Gasteiger partial charge in [0, 0.05) is 11.5 Å². The Morgan fingerprint density at radius 1 is 1.16 bits per heavy atom. The molecule has 0 unspecified atom stereocenters. The summed E-state index contributed by atoms with van der Waals surface area (Å²) in [6.07, 6.45) is 0. The standard InChI is InChI=1S/C14H15ClFN3/c1-14(2,3)13-18-11(15)8-12(19-13)17-10-7-5-4-6-9(10)16/h4-8H,1-3H3,(H,17,18,19). The van der Waals surface area contributed by atoms with Gasteiger partial charge in [-0.15, -0.1) is 0 Å². The smallest absolute Gasteiger partial charge is 0.146 e. The summed E-state index contributed by atoms with van der Waals surface area (Å²) >= 11 is 5.98. The zero-order valence-electron chi connectivity index (χ0n) is 11.0. The second-order valence-corrected chi connectivity index (χ2v) is 5.64. The number of rotatable bonds is 2. The van der Waals surface area contributed by atoms with Crippen molar-refractivity contribution in [1.29, 1.82) is 0 Å². The quantitative estimate of drug-likeness (QED) is 0.833. The summed E-state index contributed by atoms with van der Waals surface area (Å²) in [5.74, 6) is 0.753. The van der Waals surface area contributed by atoms with Crippen molar-refractivity contribution in [2.75, 3.05) is 5.32 Å². The SMILES string of the molecule is CC(C)(C)c1nc(Cl)cc(Nc2ccccc2F)n1. The second-order valence-electron chi connectivity index (χ2n) is 5.25. The van der Waals surface area contributed by atoms with Crippen LogP contribution in [-0.4, -0.2) is 9.97 Å². The van der Waals surface area contributed by atoms with Crippen LogP contribution in [-0.2, 0) is 5.41 Å². The molecule has 0 spiro atoms. The minimum atomic E-state index is -0.338. The van der Waals surface area contributed by atoms with Gasteiger partial charge in [-0.25, -0.2) is 14.4 Å². The highest BCUT2D eigenvalue weighted by atomic mass is 35.5. The van der Waals surface area contributed by atoms with Crippen LogP contribution in [0.5, 0.6) is 0 Å². The van der Waals surface area contributed by atoms with E-state index in [1.165, 1.54) is 6.07 Å². The number of nitrogens with one attached hydrogen (secondary N) is 1. The predicted molar refractivity (Wildman–Crippen MR) is 75.4 cm³/mol. The monoisotopic (exact) mass is 279 g/mol. The first-order valence-electron chi connectivity index (χ1n) is 5.93. The Morgan fingerprint density at radius 2 is 1.84 bits per heavy atom. The molecule has 2 rings (SSSR count). The maximum atomic E-state index is 13.6. The number of aromatic nitrogens is 2. The van der Waals surface area contributed by atoms with E-state index in [1.54, 1.807) is 24.3 Å². The van der Waals surface area contributed by atoms with Gasteiger partial charge in [-0.1, -0.05) is 44.5 Å². The number of anilines is 2. The average Bonchev–Trinajstić information content (AvgIpc) is 2.30. The third-order valence-electron chi connectivity index (χ3n) is 2.50. The van der Waals surface area contributed by atoms with Gasteiger partial charge in [-0.3, -0.25) is 0 Å². The van der Waals surface area contributed by atoms with Crippen molar-refractivity contribution in [1.82, 2.24) is 9.97 Å². The van der Waals surface area contributed by atoms with Gasteiger partial charge in [0.05, 0.1) is 5.69 Å². The van der Waals surface area contributed by atoms with Gasteiger partial charge in [0.25, 0.3) is 0 Å². The van der Waals surface area contributed by atoms with Crippen molar-refractivity contribution >= 4 is 23.1 Å². The van der Waals surface area contributed by atoms with Crippen molar-refractivity contribution in [3.05, 3.63) is 47.1 Å². The largest absolute Gasteiger partial charge is 0.338 e. The van der Waals surface area contributed by atoms with E-state index in [-0.39, 0.29) is 11.2 Å². The van der Waals surface area contributed by atoms with Gasteiger partial charge in [-0.05, 0) is 12.1 Å². The number of halogens is 2. The molecule has 5 heteroatoms. The molecule has 3 nitrogen and oxygen atoms in total. The number of benzene rings is 1. The lowest BCUT2D eigenvalue weighted by Gasteiger charge is -2.18. The summed E-state index contributed by atoms with van der Waals surface area (Å²) in [6, 6.07) is 7.98. The van der Waals surface area contributed by atoms with Crippen LogP contribution in [0.1, 0.15) is 26.6 Å². The van der Waals surface area contributed by atoms with Gasteiger partial charge in [0.2, 0.25) is 0 Å². The molecular formula is C14H15ClFN3. The van der Waals surface area contributed by atoms with Crippen molar-refractivity contribution < 1.29 is 4.39 Å². The molecule has 1 heterocycles. The third kappa shape index (κ3) is 3.41. The molecule has 0 aliphatic carbocycles. The van der Waals surface area contributed by atoms with E-state index in [0.29, 0.717) is 22.5 Å². The minimum Gasteiger partial charge on any atom is -0.338 e. The topological polar surface area (TPSA) is 37.8 Å². The first-order valence-corrected chi connectivity index (χ1v) is 6.31. The molecule has 2 aromatic rings. The Hall–Kier alpha value is -1.68. The fourth-order valence-corrected chi connectivity index (χ4v) is 1.70. The highest BCUT2D eigenvalue weighted by molar-refractivity contribution is 6.29. The number of hydrogen-bond donors (Lipinski definition) is 1. The highest BCUT2D eigenvalue weighted by Gasteiger charge is 2.19. The van der Waals surface area contributed by atoms with Crippen LogP contribution >= 0.6 is 11.6 Å². The normalized spacial score (nSPS) is 11.4. The molecule has 0 radical (unpaired) electrons. The molecule has 1 aromatic carbocycles. The zero-order chi connectivity index (χ0) is 14.0. The van der Waals surface area contributed by atoms with Gasteiger partial charge in [-0.2, -0.15) is 0 Å². The lowest BCUT2D eigenvalue weighted by atomic mass is 9.96. The molecule has 0 aliphatic heterocycles. The Bertz CT molecular complexity index is 593. The molecule has 100 valence electrons. The summed E-state index contributed by atoms with van der Waals surface area (Å²) in [5.41, 5.74) is 0.133. The molecule has 0 saturated heterocycles. The Labute approximate surface area is 116 Å². The Morgan fingerprint density at radius 3 is 2.47 bits per heavy atom. The molecule has 1 N–H and O–H groups in total. The van der Waals surface area contributed by atoms with Crippen molar-refractivity contribution in [3.63, 3.8) is 0 Å². The number of nitrogens with zero attached hydrogens (tertiary/aromatic N) is 2. The lowest BCUT2D eigenvalue weighted by molar-refractivity contribution is 0.546. The van der Waals surface area contributed by atoms with Crippen LogP contribution in [0.15, 0.2) is 30.3 Å². The van der Waals surface area contributed by atoms with Crippen molar-refractivity contribution in [3.8, 4) is 0 Å². The Kier molecular flexibility index (Phi) is 3.71. The Balaban J connectivity index is 2.36. The maximum Gasteiger partial charge on any atom is 0.146 e. The summed E-state index contributed by atoms with van der Waals surface area (Å²) in [5, 5.41) is 3.25. The fraction of sp³-hybridized carbons (Fsp3) is 0.286. The van der Waals surface area contributed by atoms with E-state index in [4.69, 9.17) is 11.6 Å². The van der Waals surface area contributed by atoms with Crippen LogP contribution in [0.4, 0.5) is 15.9 Å². The average molecular weight is 280 g/mol. The van der Waals surface area contributed by atoms with Crippen molar-refractivity contribution in [2.24, 2.45) is 0 Å². The first kappa shape index (κ1) is 13.7. The number of hydrogen-bond acceptors (Lipinski definition) is 3. The second kappa shape index (κ2) is 5.13. The molecule has 0 fully saturated rings. The molecule has 0 saturated carbocycles. The van der Waals surface area contributed by atoms with Crippen LogP contribution in [0.2, 0.25) is 5.15 Å². The van der Waals surface area contributed by atoms with Crippen molar-refractivity contribution in [2.45, 2.75) is 26.2 Å². The van der Waals surface area contributed by atoms with E-state index < -0.39 is 0 Å². The lowest BCUT2D eigenvalue weighted by Crippen LogP contribution is -2.16. The zero-order valence-corrected chi connectivity index (χ0v) is 11.8. The predicted octanol–water partition coefficient (Wildman–Crippen LogP) is 4.31. The van der Waals surface area contributed by atoms with Crippen LogP contribution in [0.3, 0.4) is 0 Å². The molecular weight excluding hydrogens is 265 g/mol. The maximum absolute atomic E-state index is 13.6. The van der Waals surface area contributed by atoms with Gasteiger partial charge < -0.3 is 5.32 Å². The molecule has 0 atom stereocenters. The molecule has 19 heavy (non-hydrogen) atoms. The van der Waals surface area contributed by atoms with Gasteiger partial charge >= 0.3 is 0 Å². The molecule has 0 bridgehead atoms. The van der Waals surface area contributed by atoms with E-state index in [0.717, 1.165) is 0 Å².